The van der Waals surface area contributed by atoms with E-state index in [2.05, 4.69) is 34.5 Å². The predicted molar refractivity (Wildman–Crippen MR) is 113 cm³/mol. The summed E-state index contributed by atoms with van der Waals surface area (Å²) in [6.07, 6.45) is -0.338. The lowest BCUT2D eigenvalue weighted by Gasteiger charge is -2.38. The normalized spacial score (nSPS) is 15.6. The van der Waals surface area contributed by atoms with Crippen molar-refractivity contribution >= 4 is 23.0 Å². The minimum Gasteiger partial charge on any atom is -0.495 e. The maximum Gasteiger partial charge on any atom is 0.262 e. The summed E-state index contributed by atoms with van der Waals surface area (Å²) < 4.78 is 5.54. The molecule has 3 aromatic carbocycles. The number of carbonyl (C=O) groups is 1. The summed E-state index contributed by atoms with van der Waals surface area (Å²) in [5, 5.41) is 3.53. The van der Waals surface area contributed by atoms with Gasteiger partial charge < -0.3 is 15.0 Å². The molecule has 0 unspecified atom stereocenters. The average Bonchev–Trinajstić information content (AvgIpc) is 2.74. The Balaban J connectivity index is 1.85. The maximum atomic E-state index is 13.5. The Bertz CT molecular complexity index is 999. The molecule has 5 nitrogen and oxygen atoms in total. The van der Waals surface area contributed by atoms with Crippen LogP contribution in [0.25, 0.3) is 0 Å². The number of hydrogen-bond acceptors (Lipinski definition) is 4. The van der Waals surface area contributed by atoms with Crippen molar-refractivity contribution in [1.82, 2.24) is 0 Å². The van der Waals surface area contributed by atoms with E-state index in [-0.39, 0.29) is 12.1 Å². The number of rotatable bonds is 4. The highest BCUT2D eigenvalue weighted by Gasteiger charge is 2.35. The Morgan fingerprint density at radius 2 is 1.61 bits per heavy atom. The fourth-order valence-corrected chi connectivity index (χ4v) is 3.52. The molecule has 0 fully saturated rings. The lowest BCUT2D eigenvalue weighted by molar-refractivity contribution is 0.0974. The van der Waals surface area contributed by atoms with Crippen LogP contribution in [0.1, 0.15) is 22.1 Å². The Morgan fingerprint density at radius 3 is 2.32 bits per heavy atom. The van der Waals surface area contributed by atoms with Crippen LogP contribution in [0.3, 0.4) is 0 Å². The molecule has 0 aliphatic carbocycles. The van der Waals surface area contributed by atoms with Gasteiger partial charge in [-0.1, -0.05) is 36.4 Å². The maximum absolute atomic E-state index is 13.5. The number of anilines is 3. The van der Waals surface area contributed by atoms with Crippen molar-refractivity contribution in [1.29, 1.82) is 0 Å². The summed E-state index contributed by atoms with van der Waals surface area (Å²) >= 11 is 0. The van der Waals surface area contributed by atoms with Crippen molar-refractivity contribution in [3.63, 3.8) is 0 Å². The molecule has 0 aromatic heterocycles. The van der Waals surface area contributed by atoms with Gasteiger partial charge in [0.1, 0.15) is 11.9 Å². The van der Waals surface area contributed by atoms with Crippen LogP contribution >= 0.6 is 0 Å². The number of fused-ring (bicyclic) bond motifs is 1. The second kappa shape index (κ2) is 7.27. The number of nitrogens with zero attached hydrogens (tertiary/aromatic N) is 2. The van der Waals surface area contributed by atoms with Crippen LogP contribution in [0.5, 0.6) is 5.75 Å². The number of amides is 1. The molecule has 1 aliphatic rings. The summed E-state index contributed by atoms with van der Waals surface area (Å²) in [6, 6.07) is 23.4. The van der Waals surface area contributed by atoms with Crippen molar-refractivity contribution in [2.45, 2.75) is 6.17 Å². The van der Waals surface area contributed by atoms with Crippen LogP contribution in [0.2, 0.25) is 0 Å². The molecule has 142 valence electrons. The molecule has 0 bridgehead atoms. The number of benzene rings is 3. The first-order chi connectivity index (χ1) is 13.6. The molecule has 1 N–H and O–H groups in total. The van der Waals surface area contributed by atoms with Crippen molar-refractivity contribution in [2.75, 3.05) is 36.3 Å². The number of para-hydroxylation sites is 3. The van der Waals surface area contributed by atoms with E-state index in [9.17, 15) is 4.79 Å². The van der Waals surface area contributed by atoms with Gasteiger partial charge in [-0.3, -0.25) is 9.69 Å². The smallest absolute Gasteiger partial charge is 0.262 e. The number of methoxy groups -OCH3 is 1. The van der Waals surface area contributed by atoms with Crippen molar-refractivity contribution in [3.05, 3.63) is 83.9 Å². The minimum absolute atomic E-state index is 0.0551. The first kappa shape index (κ1) is 17.9. The Morgan fingerprint density at radius 1 is 0.929 bits per heavy atom. The van der Waals surface area contributed by atoms with Gasteiger partial charge in [-0.25, -0.2) is 0 Å². The quantitative estimate of drug-likeness (QED) is 0.730. The molecular weight excluding hydrogens is 350 g/mol. The van der Waals surface area contributed by atoms with E-state index < -0.39 is 0 Å². The van der Waals surface area contributed by atoms with Crippen LogP contribution < -0.4 is 19.9 Å². The number of carbonyl (C=O) groups excluding carboxylic acids is 1. The van der Waals surface area contributed by atoms with E-state index in [1.807, 2.05) is 62.6 Å². The third-order valence-electron chi connectivity index (χ3n) is 5.00. The minimum atomic E-state index is -0.338. The van der Waals surface area contributed by atoms with Crippen LogP contribution in [-0.4, -0.2) is 27.1 Å². The van der Waals surface area contributed by atoms with Crippen molar-refractivity contribution in [2.24, 2.45) is 0 Å². The molecule has 1 aliphatic heterocycles. The molecule has 3 aromatic rings. The van der Waals surface area contributed by atoms with Gasteiger partial charge in [0, 0.05) is 25.5 Å². The summed E-state index contributed by atoms with van der Waals surface area (Å²) in [7, 11) is 5.64. The van der Waals surface area contributed by atoms with E-state index in [0.29, 0.717) is 11.3 Å². The zero-order chi connectivity index (χ0) is 19.7. The highest BCUT2D eigenvalue weighted by Crippen LogP contribution is 2.40. The van der Waals surface area contributed by atoms with Gasteiger partial charge in [0.25, 0.3) is 5.91 Å². The molecule has 0 saturated heterocycles. The van der Waals surface area contributed by atoms with E-state index in [4.69, 9.17) is 4.74 Å². The predicted octanol–water partition coefficient (Wildman–Crippen LogP) is 4.53. The monoisotopic (exact) mass is 373 g/mol. The third-order valence-corrected chi connectivity index (χ3v) is 5.00. The van der Waals surface area contributed by atoms with Crippen LogP contribution in [0, 0.1) is 0 Å². The molecule has 4 rings (SSSR count). The van der Waals surface area contributed by atoms with E-state index in [0.717, 1.165) is 22.6 Å². The van der Waals surface area contributed by atoms with E-state index in [1.54, 1.807) is 12.0 Å². The first-order valence-electron chi connectivity index (χ1n) is 9.19. The lowest BCUT2D eigenvalue weighted by atomic mass is 10.0. The molecule has 1 atom stereocenters. The van der Waals surface area contributed by atoms with Crippen molar-refractivity contribution in [3.8, 4) is 5.75 Å². The molecule has 0 spiro atoms. The second-order valence-electron chi connectivity index (χ2n) is 6.93. The lowest BCUT2D eigenvalue weighted by Crippen LogP contribution is -2.43. The van der Waals surface area contributed by atoms with Gasteiger partial charge in [-0.15, -0.1) is 0 Å². The standard InChI is InChI=1S/C23H23N3O2/c1-25(2)17-14-12-16(13-15-17)22-24-19-9-5-4-8-18(19)23(27)26(22)20-10-6-7-11-21(20)28-3/h4-15,22,24H,1-3H3/t22-/m1/s1. The molecular formula is C23H23N3O2. The summed E-state index contributed by atoms with van der Waals surface area (Å²) in [6.45, 7) is 0. The Hall–Kier alpha value is -3.47. The van der Waals surface area contributed by atoms with Gasteiger partial charge in [-0.05, 0) is 42.0 Å². The fourth-order valence-electron chi connectivity index (χ4n) is 3.52. The van der Waals surface area contributed by atoms with Gasteiger partial charge in [0.2, 0.25) is 0 Å². The molecule has 5 heteroatoms. The third kappa shape index (κ3) is 3.05. The zero-order valence-electron chi connectivity index (χ0n) is 16.2. The number of nitrogens with one attached hydrogen (secondary N) is 1. The van der Waals surface area contributed by atoms with Gasteiger partial charge >= 0.3 is 0 Å². The SMILES string of the molecule is COc1ccccc1N1C(=O)c2ccccc2N[C@H]1c1ccc(N(C)C)cc1. The van der Waals surface area contributed by atoms with Crippen molar-refractivity contribution < 1.29 is 9.53 Å². The summed E-state index contributed by atoms with van der Waals surface area (Å²) in [5.74, 6) is 0.604. The molecule has 1 amide bonds. The molecule has 0 radical (unpaired) electrons. The highest BCUT2D eigenvalue weighted by molar-refractivity contribution is 6.12. The second-order valence-corrected chi connectivity index (χ2v) is 6.93. The summed E-state index contributed by atoms with van der Waals surface area (Å²) in [5.41, 5.74) is 4.32. The molecule has 28 heavy (non-hydrogen) atoms. The molecule has 1 heterocycles. The number of hydrogen-bond donors (Lipinski definition) is 1. The first-order valence-corrected chi connectivity index (χ1v) is 9.19. The van der Waals surface area contributed by atoms with Crippen LogP contribution in [-0.2, 0) is 0 Å². The van der Waals surface area contributed by atoms with Gasteiger partial charge in [0.15, 0.2) is 0 Å². The summed E-state index contributed by atoms with van der Waals surface area (Å²) in [4.78, 5) is 17.3. The zero-order valence-corrected chi connectivity index (χ0v) is 16.2. The molecule has 0 saturated carbocycles. The largest absolute Gasteiger partial charge is 0.495 e. The van der Waals surface area contributed by atoms with Crippen LogP contribution in [0.15, 0.2) is 72.8 Å². The topological polar surface area (TPSA) is 44.8 Å². The number of ether oxygens (including phenoxy) is 1. The average molecular weight is 373 g/mol. The Labute approximate surface area is 165 Å². The van der Waals surface area contributed by atoms with Gasteiger partial charge in [0.05, 0.1) is 18.4 Å². The Kier molecular flexibility index (Phi) is 4.65. The van der Waals surface area contributed by atoms with E-state index >= 15 is 0 Å². The fraction of sp³-hybridized carbons (Fsp3) is 0.174. The van der Waals surface area contributed by atoms with E-state index in [1.165, 1.54) is 0 Å². The highest BCUT2D eigenvalue weighted by atomic mass is 16.5. The van der Waals surface area contributed by atoms with Crippen LogP contribution in [0.4, 0.5) is 17.1 Å². The van der Waals surface area contributed by atoms with Gasteiger partial charge in [-0.2, -0.15) is 0 Å².